The van der Waals surface area contributed by atoms with E-state index in [1.165, 1.54) is 21.3 Å². The number of aryl methyl sites for hydroxylation is 1. The van der Waals surface area contributed by atoms with Crippen LogP contribution in [0, 0.1) is 0 Å². The Morgan fingerprint density at radius 2 is 2.00 bits per heavy atom. The molecule has 0 aliphatic heterocycles. The third-order valence-corrected chi connectivity index (χ3v) is 5.10. The van der Waals surface area contributed by atoms with Crippen molar-refractivity contribution in [3.8, 4) is 0 Å². The van der Waals surface area contributed by atoms with Gasteiger partial charge >= 0.3 is 0 Å². The van der Waals surface area contributed by atoms with Crippen molar-refractivity contribution in [2.75, 3.05) is 7.05 Å². The van der Waals surface area contributed by atoms with Crippen molar-refractivity contribution >= 4 is 27.3 Å². The first-order valence-electron chi connectivity index (χ1n) is 6.22. The summed E-state index contributed by atoms with van der Waals surface area (Å²) in [6.45, 7) is 0. The van der Waals surface area contributed by atoms with Gasteiger partial charge in [-0.15, -0.1) is 11.3 Å². The molecule has 0 aliphatic rings. The molecule has 2 aromatic rings. The molecular weight excluding hydrogens is 306 g/mol. The first-order valence-corrected chi connectivity index (χ1v) is 7.90. The molecular formula is C15H18BrNS. The monoisotopic (exact) mass is 323 g/mol. The van der Waals surface area contributed by atoms with Gasteiger partial charge in [0.05, 0.1) is 0 Å². The standard InChI is InChI=1S/C15H18BrNS/c1-17-13(11-15-14(16)9-10-18-15)8-7-12-5-3-2-4-6-12/h2-6,9-10,13,17H,7-8,11H2,1H3. The quantitative estimate of drug-likeness (QED) is 0.836. The molecule has 1 N–H and O–H groups in total. The summed E-state index contributed by atoms with van der Waals surface area (Å²) in [6.07, 6.45) is 3.40. The third-order valence-electron chi connectivity index (χ3n) is 3.16. The van der Waals surface area contributed by atoms with Crippen molar-refractivity contribution < 1.29 is 0 Å². The minimum atomic E-state index is 0.542. The molecule has 0 aliphatic carbocycles. The smallest absolute Gasteiger partial charge is 0.0314 e. The van der Waals surface area contributed by atoms with Crippen molar-refractivity contribution in [2.45, 2.75) is 25.3 Å². The van der Waals surface area contributed by atoms with Crippen LogP contribution in [-0.2, 0) is 12.8 Å². The van der Waals surface area contributed by atoms with E-state index in [1.807, 2.05) is 11.3 Å². The van der Waals surface area contributed by atoms with E-state index in [-0.39, 0.29) is 0 Å². The largest absolute Gasteiger partial charge is 0.317 e. The summed E-state index contributed by atoms with van der Waals surface area (Å²) in [5.41, 5.74) is 1.42. The van der Waals surface area contributed by atoms with Crippen LogP contribution in [0.1, 0.15) is 16.9 Å². The fraction of sp³-hybridized carbons (Fsp3) is 0.333. The van der Waals surface area contributed by atoms with E-state index >= 15 is 0 Å². The van der Waals surface area contributed by atoms with Gasteiger partial charge in [0.1, 0.15) is 0 Å². The van der Waals surface area contributed by atoms with E-state index in [0.717, 1.165) is 12.8 Å². The molecule has 2 rings (SSSR count). The lowest BCUT2D eigenvalue weighted by Crippen LogP contribution is -2.27. The maximum absolute atomic E-state index is 3.60. The Bertz CT molecular complexity index is 466. The molecule has 3 heteroatoms. The predicted molar refractivity (Wildman–Crippen MR) is 83.3 cm³/mol. The summed E-state index contributed by atoms with van der Waals surface area (Å²) in [4.78, 5) is 1.43. The zero-order chi connectivity index (χ0) is 12.8. The van der Waals surface area contributed by atoms with E-state index in [4.69, 9.17) is 0 Å². The lowest BCUT2D eigenvalue weighted by Gasteiger charge is -2.15. The van der Waals surface area contributed by atoms with Crippen molar-refractivity contribution in [3.05, 3.63) is 56.7 Å². The van der Waals surface area contributed by atoms with E-state index < -0.39 is 0 Å². The fourth-order valence-corrected chi connectivity index (χ4v) is 3.62. The molecule has 1 atom stereocenters. The zero-order valence-electron chi connectivity index (χ0n) is 10.5. The maximum atomic E-state index is 3.60. The second kappa shape index (κ2) is 7.07. The fourth-order valence-electron chi connectivity index (χ4n) is 2.03. The Morgan fingerprint density at radius 1 is 1.22 bits per heavy atom. The molecule has 0 spiro atoms. The number of hydrogen-bond donors (Lipinski definition) is 1. The summed E-state index contributed by atoms with van der Waals surface area (Å²) in [6, 6.07) is 13.4. The van der Waals surface area contributed by atoms with Gasteiger partial charge in [-0.1, -0.05) is 30.3 Å². The lowest BCUT2D eigenvalue weighted by atomic mass is 10.0. The molecule has 1 nitrogen and oxygen atoms in total. The second-order valence-corrected chi connectivity index (χ2v) is 6.26. The van der Waals surface area contributed by atoms with Crippen LogP contribution in [0.5, 0.6) is 0 Å². The maximum Gasteiger partial charge on any atom is 0.0314 e. The highest BCUT2D eigenvalue weighted by atomic mass is 79.9. The van der Waals surface area contributed by atoms with Gasteiger partial charge in [-0.05, 0) is 59.2 Å². The van der Waals surface area contributed by atoms with Crippen LogP contribution in [-0.4, -0.2) is 13.1 Å². The molecule has 1 heterocycles. The summed E-state index contributed by atoms with van der Waals surface area (Å²) in [7, 11) is 2.05. The summed E-state index contributed by atoms with van der Waals surface area (Å²) < 4.78 is 1.24. The van der Waals surface area contributed by atoms with Crippen LogP contribution in [0.15, 0.2) is 46.3 Å². The van der Waals surface area contributed by atoms with Gasteiger partial charge in [0, 0.05) is 15.4 Å². The SMILES string of the molecule is CNC(CCc1ccccc1)Cc1sccc1Br. The van der Waals surface area contributed by atoms with E-state index in [0.29, 0.717) is 6.04 Å². The first-order chi connectivity index (χ1) is 8.79. The highest BCUT2D eigenvalue weighted by molar-refractivity contribution is 9.10. The number of rotatable bonds is 6. The molecule has 1 unspecified atom stereocenters. The highest BCUT2D eigenvalue weighted by Gasteiger charge is 2.10. The lowest BCUT2D eigenvalue weighted by molar-refractivity contribution is 0.523. The molecule has 0 fully saturated rings. The average molecular weight is 324 g/mol. The van der Waals surface area contributed by atoms with Crippen molar-refractivity contribution in [1.82, 2.24) is 5.32 Å². The Kier molecular flexibility index (Phi) is 5.42. The molecule has 18 heavy (non-hydrogen) atoms. The summed E-state index contributed by atoms with van der Waals surface area (Å²) in [5.74, 6) is 0. The van der Waals surface area contributed by atoms with Gasteiger partial charge in [0.15, 0.2) is 0 Å². The van der Waals surface area contributed by atoms with Crippen LogP contribution >= 0.6 is 27.3 Å². The van der Waals surface area contributed by atoms with E-state index in [9.17, 15) is 0 Å². The van der Waals surface area contributed by atoms with E-state index in [1.54, 1.807) is 0 Å². The van der Waals surface area contributed by atoms with Crippen molar-refractivity contribution in [2.24, 2.45) is 0 Å². The second-order valence-electron chi connectivity index (χ2n) is 4.41. The molecule has 0 radical (unpaired) electrons. The molecule has 0 amide bonds. The minimum Gasteiger partial charge on any atom is -0.317 e. The Hall–Kier alpha value is -0.640. The highest BCUT2D eigenvalue weighted by Crippen LogP contribution is 2.24. The number of benzene rings is 1. The number of nitrogens with one attached hydrogen (secondary N) is 1. The van der Waals surface area contributed by atoms with Crippen LogP contribution in [0.3, 0.4) is 0 Å². The minimum absolute atomic E-state index is 0.542. The molecule has 0 bridgehead atoms. The van der Waals surface area contributed by atoms with Gasteiger partial charge in [0.25, 0.3) is 0 Å². The van der Waals surface area contributed by atoms with Gasteiger partial charge in [-0.3, -0.25) is 0 Å². The number of hydrogen-bond acceptors (Lipinski definition) is 2. The molecule has 1 aromatic heterocycles. The number of halogens is 1. The van der Waals surface area contributed by atoms with Gasteiger partial charge in [-0.2, -0.15) is 0 Å². The zero-order valence-corrected chi connectivity index (χ0v) is 12.9. The van der Waals surface area contributed by atoms with Crippen molar-refractivity contribution in [1.29, 1.82) is 0 Å². The van der Waals surface area contributed by atoms with Crippen LogP contribution < -0.4 is 5.32 Å². The molecule has 0 saturated heterocycles. The Balaban J connectivity index is 1.88. The normalized spacial score (nSPS) is 12.6. The average Bonchev–Trinajstić information content (AvgIpc) is 2.81. The van der Waals surface area contributed by atoms with Gasteiger partial charge in [-0.25, -0.2) is 0 Å². The number of likely N-dealkylation sites (N-methyl/N-ethyl adjacent to an activating group) is 1. The topological polar surface area (TPSA) is 12.0 Å². The third kappa shape index (κ3) is 3.94. The summed E-state index contributed by atoms with van der Waals surface area (Å²) in [5, 5.41) is 5.57. The van der Waals surface area contributed by atoms with Crippen molar-refractivity contribution in [3.63, 3.8) is 0 Å². The van der Waals surface area contributed by atoms with Crippen LogP contribution in [0.25, 0.3) is 0 Å². The Labute approximate surface area is 121 Å². The molecule has 0 saturated carbocycles. The first kappa shape index (κ1) is 13.8. The Morgan fingerprint density at radius 3 is 2.61 bits per heavy atom. The molecule has 96 valence electrons. The van der Waals surface area contributed by atoms with Gasteiger partial charge in [0.2, 0.25) is 0 Å². The predicted octanol–water partition coefficient (Wildman–Crippen LogP) is 4.27. The van der Waals surface area contributed by atoms with Gasteiger partial charge < -0.3 is 5.32 Å². The molecule has 1 aromatic carbocycles. The number of thiophene rings is 1. The van der Waals surface area contributed by atoms with Crippen LogP contribution in [0.2, 0.25) is 0 Å². The van der Waals surface area contributed by atoms with Crippen LogP contribution in [0.4, 0.5) is 0 Å². The summed E-state index contributed by atoms with van der Waals surface area (Å²) >= 11 is 5.43. The van der Waals surface area contributed by atoms with E-state index in [2.05, 4.69) is 70.1 Å².